The van der Waals surface area contributed by atoms with Crippen LogP contribution in [0.5, 0.6) is 6.01 Å². The Hall–Kier alpha value is -1.76. The van der Waals surface area contributed by atoms with Crippen LogP contribution in [0.15, 0.2) is 12.7 Å². The van der Waals surface area contributed by atoms with E-state index in [4.69, 9.17) is 16.3 Å². The van der Waals surface area contributed by atoms with Gasteiger partial charge in [-0.1, -0.05) is 19.8 Å². The molecule has 1 fully saturated rings. The summed E-state index contributed by atoms with van der Waals surface area (Å²) in [6, 6.07) is 0.252. The number of hydrogen-bond donors (Lipinski definition) is 0. The molecule has 0 aliphatic heterocycles. The number of nitrogens with zero attached hydrogens (tertiary/aromatic N) is 6. The van der Waals surface area contributed by atoms with Crippen LogP contribution >= 0.6 is 11.6 Å². The molecule has 1 aliphatic carbocycles. The van der Waals surface area contributed by atoms with E-state index < -0.39 is 0 Å². The highest BCUT2D eigenvalue weighted by Crippen LogP contribution is 2.28. The second-order valence-electron chi connectivity index (χ2n) is 5.21. The van der Waals surface area contributed by atoms with Gasteiger partial charge >= 0.3 is 6.01 Å². The standard InChI is InChI=1S/C13H17ClN6O/c1-2-9-4-3-5-10(6-9)21-13-18-11(14)17-12(19-13)20-8-15-7-16-20/h7-10H,2-6H2,1H3. The van der Waals surface area contributed by atoms with Crippen LogP contribution in [0.3, 0.4) is 0 Å². The Morgan fingerprint density at radius 1 is 1.33 bits per heavy atom. The number of halogens is 1. The molecule has 2 heterocycles. The van der Waals surface area contributed by atoms with Crippen LogP contribution in [0.25, 0.3) is 5.95 Å². The number of ether oxygens (including phenoxy) is 1. The van der Waals surface area contributed by atoms with Crippen LogP contribution in [-0.2, 0) is 0 Å². The lowest BCUT2D eigenvalue weighted by Crippen LogP contribution is -2.26. The molecule has 0 spiro atoms. The molecule has 2 aromatic rings. The van der Waals surface area contributed by atoms with Gasteiger partial charge in [-0.3, -0.25) is 0 Å². The fourth-order valence-electron chi connectivity index (χ4n) is 2.66. The van der Waals surface area contributed by atoms with Crippen LogP contribution < -0.4 is 4.74 Å². The maximum atomic E-state index is 5.94. The fourth-order valence-corrected chi connectivity index (χ4v) is 2.81. The first-order chi connectivity index (χ1) is 10.2. The lowest BCUT2D eigenvalue weighted by molar-refractivity contribution is 0.111. The van der Waals surface area contributed by atoms with Crippen molar-refractivity contribution in [1.29, 1.82) is 0 Å². The number of hydrogen-bond acceptors (Lipinski definition) is 6. The van der Waals surface area contributed by atoms with Gasteiger partial charge in [0.25, 0.3) is 5.95 Å². The molecule has 21 heavy (non-hydrogen) atoms. The van der Waals surface area contributed by atoms with Crippen LogP contribution in [0, 0.1) is 5.92 Å². The first-order valence-electron chi connectivity index (χ1n) is 7.18. The normalized spacial score (nSPS) is 22.2. The summed E-state index contributed by atoms with van der Waals surface area (Å²) in [5, 5.41) is 4.07. The Morgan fingerprint density at radius 2 is 2.24 bits per heavy atom. The average Bonchev–Trinajstić information content (AvgIpc) is 3.01. The zero-order valence-electron chi connectivity index (χ0n) is 11.8. The highest BCUT2D eigenvalue weighted by Gasteiger charge is 2.23. The summed E-state index contributed by atoms with van der Waals surface area (Å²) in [7, 11) is 0. The van der Waals surface area contributed by atoms with E-state index in [2.05, 4.69) is 32.0 Å². The molecule has 0 aromatic carbocycles. The van der Waals surface area contributed by atoms with E-state index in [1.165, 1.54) is 36.6 Å². The molecule has 2 unspecified atom stereocenters. The van der Waals surface area contributed by atoms with Gasteiger partial charge in [-0.05, 0) is 36.8 Å². The van der Waals surface area contributed by atoms with Crippen molar-refractivity contribution in [3.63, 3.8) is 0 Å². The monoisotopic (exact) mass is 308 g/mol. The molecule has 8 heteroatoms. The van der Waals surface area contributed by atoms with Gasteiger partial charge in [0.1, 0.15) is 18.8 Å². The third-order valence-corrected chi connectivity index (χ3v) is 3.95. The van der Waals surface area contributed by atoms with Crippen molar-refractivity contribution in [3.05, 3.63) is 17.9 Å². The number of aromatic nitrogens is 6. The van der Waals surface area contributed by atoms with E-state index in [-0.39, 0.29) is 17.4 Å². The Morgan fingerprint density at radius 3 is 3.00 bits per heavy atom. The van der Waals surface area contributed by atoms with Crippen molar-refractivity contribution >= 4 is 11.6 Å². The topological polar surface area (TPSA) is 78.6 Å². The molecule has 1 aliphatic rings. The lowest BCUT2D eigenvalue weighted by atomic mass is 9.86. The molecule has 3 rings (SSSR count). The van der Waals surface area contributed by atoms with E-state index >= 15 is 0 Å². The average molecular weight is 309 g/mol. The van der Waals surface area contributed by atoms with E-state index in [9.17, 15) is 0 Å². The highest BCUT2D eigenvalue weighted by molar-refractivity contribution is 6.28. The molecular formula is C13H17ClN6O. The molecule has 2 aromatic heterocycles. The zero-order chi connectivity index (χ0) is 14.7. The molecule has 0 radical (unpaired) electrons. The molecule has 0 bridgehead atoms. The lowest BCUT2D eigenvalue weighted by Gasteiger charge is -2.28. The minimum Gasteiger partial charge on any atom is -0.460 e. The minimum absolute atomic E-state index is 0.0911. The van der Waals surface area contributed by atoms with E-state index in [0.717, 1.165) is 18.8 Å². The summed E-state index contributed by atoms with van der Waals surface area (Å²) >= 11 is 5.94. The first kappa shape index (κ1) is 14.2. The third-order valence-electron chi connectivity index (χ3n) is 3.78. The van der Waals surface area contributed by atoms with Crippen LogP contribution in [0.4, 0.5) is 0 Å². The largest absolute Gasteiger partial charge is 0.460 e. The molecule has 0 amide bonds. The summed E-state index contributed by atoms with van der Waals surface area (Å²) in [6.07, 6.45) is 8.76. The smallest absolute Gasteiger partial charge is 0.322 e. The van der Waals surface area contributed by atoms with Gasteiger partial charge < -0.3 is 4.74 Å². The van der Waals surface area contributed by atoms with Crippen molar-refractivity contribution in [2.45, 2.75) is 45.1 Å². The Kier molecular flexibility index (Phi) is 4.28. The number of rotatable bonds is 4. The second kappa shape index (κ2) is 6.34. The highest BCUT2D eigenvalue weighted by atomic mass is 35.5. The van der Waals surface area contributed by atoms with Crippen molar-refractivity contribution in [2.75, 3.05) is 0 Å². The van der Waals surface area contributed by atoms with Crippen molar-refractivity contribution < 1.29 is 4.74 Å². The first-order valence-corrected chi connectivity index (χ1v) is 7.55. The fraction of sp³-hybridized carbons (Fsp3) is 0.615. The third kappa shape index (κ3) is 3.47. The van der Waals surface area contributed by atoms with Gasteiger partial charge in [-0.25, -0.2) is 4.98 Å². The molecule has 112 valence electrons. The molecule has 7 nitrogen and oxygen atoms in total. The van der Waals surface area contributed by atoms with Gasteiger partial charge in [0, 0.05) is 0 Å². The van der Waals surface area contributed by atoms with Gasteiger partial charge in [-0.15, -0.1) is 0 Å². The molecular weight excluding hydrogens is 292 g/mol. The Balaban J connectivity index is 1.76. The summed E-state index contributed by atoms with van der Waals surface area (Å²) in [6.45, 7) is 2.22. The van der Waals surface area contributed by atoms with Crippen LogP contribution in [-0.4, -0.2) is 35.8 Å². The second-order valence-corrected chi connectivity index (χ2v) is 5.55. The zero-order valence-corrected chi connectivity index (χ0v) is 12.6. The summed E-state index contributed by atoms with van der Waals surface area (Å²) in [5.41, 5.74) is 0. The SMILES string of the molecule is CCC1CCCC(Oc2nc(Cl)nc(-n3cncn3)n2)C1. The maximum absolute atomic E-state index is 5.94. The predicted molar refractivity (Wildman–Crippen MR) is 76.4 cm³/mol. The van der Waals surface area contributed by atoms with Crippen molar-refractivity contribution in [2.24, 2.45) is 5.92 Å². The molecule has 1 saturated carbocycles. The predicted octanol–water partition coefficient (Wildman–Crippen LogP) is 2.45. The summed E-state index contributed by atoms with van der Waals surface area (Å²) in [5.74, 6) is 1.03. The summed E-state index contributed by atoms with van der Waals surface area (Å²) in [4.78, 5) is 16.2. The molecule has 0 saturated heterocycles. The maximum Gasteiger partial charge on any atom is 0.322 e. The van der Waals surface area contributed by atoms with Crippen LogP contribution in [0.1, 0.15) is 39.0 Å². The van der Waals surface area contributed by atoms with Crippen molar-refractivity contribution in [1.82, 2.24) is 29.7 Å². The minimum atomic E-state index is 0.0911. The molecule has 2 atom stereocenters. The quantitative estimate of drug-likeness (QED) is 0.863. The van der Waals surface area contributed by atoms with Crippen molar-refractivity contribution in [3.8, 4) is 12.0 Å². The van der Waals surface area contributed by atoms with Crippen LogP contribution in [0.2, 0.25) is 5.28 Å². The Labute approximate surface area is 127 Å². The van der Waals surface area contributed by atoms with E-state index in [0.29, 0.717) is 5.95 Å². The van der Waals surface area contributed by atoms with Gasteiger partial charge in [0.2, 0.25) is 5.28 Å². The van der Waals surface area contributed by atoms with E-state index in [1.807, 2.05) is 0 Å². The molecule has 0 N–H and O–H groups in total. The van der Waals surface area contributed by atoms with Gasteiger partial charge in [0.15, 0.2) is 0 Å². The summed E-state index contributed by atoms with van der Waals surface area (Å²) < 4.78 is 7.33. The van der Waals surface area contributed by atoms with E-state index in [1.54, 1.807) is 0 Å². The Bertz CT molecular complexity index is 590. The van der Waals surface area contributed by atoms with Gasteiger partial charge in [-0.2, -0.15) is 24.7 Å². The van der Waals surface area contributed by atoms with Gasteiger partial charge in [0.05, 0.1) is 0 Å².